The lowest BCUT2D eigenvalue weighted by Crippen LogP contribution is -2.21. The molecule has 1 N–H and O–H groups in total. The Morgan fingerprint density at radius 3 is 2.44 bits per heavy atom. The Hall–Kier alpha value is -1.06. The normalized spacial score (nSPS) is 11.2. The van der Waals surface area contributed by atoms with Crippen LogP contribution in [-0.4, -0.2) is 25.4 Å². The quantitative estimate of drug-likeness (QED) is 0.720. The second kappa shape index (κ2) is 8.11. The van der Waals surface area contributed by atoms with Gasteiger partial charge in [0.1, 0.15) is 5.75 Å². The summed E-state index contributed by atoms with van der Waals surface area (Å²) >= 11 is 0. The molecule has 1 aromatic rings. The second-order valence-corrected chi connectivity index (χ2v) is 4.87. The fraction of sp³-hybridized carbons (Fsp3) is 0.600. The summed E-state index contributed by atoms with van der Waals surface area (Å²) in [6, 6.07) is 8.15. The molecule has 0 aliphatic carbocycles. The molecule has 0 radical (unpaired) electrons. The summed E-state index contributed by atoms with van der Waals surface area (Å²) < 4.78 is 11.3. The highest BCUT2D eigenvalue weighted by atomic mass is 16.5. The number of benzene rings is 1. The van der Waals surface area contributed by atoms with Crippen molar-refractivity contribution in [2.45, 2.75) is 46.4 Å². The van der Waals surface area contributed by atoms with E-state index in [-0.39, 0.29) is 6.10 Å². The molecule has 0 bridgehead atoms. The molecule has 18 heavy (non-hydrogen) atoms. The van der Waals surface area contributed by atoms with Crippen LogP contribution in [0.1, 0.15) is 33.3 Å². The zero-order chi connectivity index (χ0) is 13.4. The number of rotatable bonds is 8. The number of nitrogens with one attached hydrogen (secondary N) is 1. The van der Waals surface area contributed by atoms with Crippen LogP contribution in [0.2, 0.25) is 0 Å². The minimum absolute atomic E-state index is 0.204. The molecule has 0 atom stereocenters. The first-order chi connectivity index (χ1) is 8.59. The molecule has 0 amide bonds. The van der Waals surface area contributed by atoms with Gasteiger partial charge in [-0.25, -0.2) is 0 Å². The van der Waals surface area contributed by atoms with E-state index in [1.165, 1.54) is 5.56 Å². The van der Waals surface area contributed by atoms with E-state index < -0.39 is 0 Å². The van der Waals surface area contributed by atoms with Crippen LogP contribution >= 0.6 is 0 Å². The zero-order valence-corrected chi connectivity index (χ0v) is 11.9. The van der Waals surface area contributed by atoms with Crippen molar-refractivity contribution in [3.05, 3.63) is 29.8 Å². The third kappa shape index (κ3) is 6.03. The van der Waals surface area contributed by atoms with E-state index in [1.807, 2.05) is 45.9 Å². The van der Waals surface area contributed by atoms with Crippen molar-refractivity contribution >= 4 is 0 Å². The molecule has 0 unspecified atom stereocenters. The summed E-state index contributed by atoms with van der Waals surface area (Å²) in [6.45, 7) is 10.6. The van der Waals surface area contributed by atoms with Crippen LogP contribution in [0.15, 0.2) is 24.3 Å². The van der Waals surface area contributed by atoms with Gasteiger partial charge in [-0.3, -0.25) is 0 Å². The molecular formula is C15H25NO2. The molecule has 0 aliphatic heterocycles. The Balaban J connectivity index is 2.37. The molecule has 0 saturated carbocycles. The smallest absolute Gasteiger partial charge is 0.124 e. The standard InChI is InChI=1S/C15H25NO2/c1-12(2)17-10-9-16-11-14-7-5-6-8-15(14)18-13(3)4/h5-8,12-13,16H,9-11H2,1-4H3. The molecule has 0 heterocycles. The van der Waals surface area contributed by atoms with Crippen LogP contribution in [0.3, 0.4) is 0 Å². The summed E-state index contributed by atoms with van der Waals surface area (Å²) in [5, 5.41) is 3.37. The Morgan fingerprint density at radius 1 is 1.06 bits per heavy atom. The first kappa shape index (κ1) is 15.0. The fourth-order valence-corrected chi connectivity index (χ4v) is 1.61. The van der Waals surface area contributed by atoms with E-state index in [1.54, 1.807) is 0 Å². The molecule has 3 nitrogen and oxygen atoms in total. The largest absolute Gasteiger partial charge is 0.491 e. The van der Waals surface area contributed by atoms with Gasteiger partial charge in [0, 0.05) is 18.7 Å². The van der Waals surface area contributed by atoms with Crippen molar-refractivity contribution in [3.63, 3.8) is 0 Å². The molecule has 0 saturated heterocycles. The van der Waals surface area contributed by atoms with Crippen LogP contribution < -0.4 is 10.1 Å². The van der Waals surface area contributed by atoms with Gasteiger partial charge in [-0.2, -0.15) is 0 Å². The van der Waals surface area contributed by atoms with Gasteiger partial charge in [0.2, 0.25) is 0 Å². The molecule has 1 rings (SSSR count). The van der Waals surface area contributed by atoms with Gasteiger partial charge in [-0.1, -0.05) is 18.2 Å². The molecule has 0 aromatic heterocycles. The van der Waals surface area contributed by atoms with Crippen molar-refractivity contribution < 1.29 is 9.47 Å². The minimum Gasteiger partial charge on any atom is -0.491 e. The Morgan fingerprint density at radius 2 is 1.78 bits per heavy atom. The van der Waals surface area contributed by atoms with Gasteiger partial charge in [0.05, 0.1) is 18.8 Å². The minimum atomic E-state index is 0.204. The van der Waals surface area contributed by atoms with E-state index in [4.69, 9.17) is 9.47 Å². The number of hydrogen-bond donors (Lipinski definition) is 1. The predicted molar refractivity (Wildman–Crippen MR) is 75.0 cm³/mol. The van der Waals surface area contributed by atoms with Crippen molar-refractivity contribution in [1.29, 1.82) is 0 Å². The van der Waals surface area contributed by atoms with E-state index in [2.05, 4.69) is 11.4 Å². The summed E-state index contributed by atoms with van der Waals surface area (Å²) in [6.07, 6.45) is 0.499. The number of ether oxygens (including phenoxy) is 2. The van der Waals surface area contributed by atoms with E-state index in [0.29, 0.717) is 6.10 Å². The lowest BCUT2D eigenvalue weighted by atomic mass is 10.2. The van der Waals surface area contributed by atoms with Crippen molar-refractivity contribution in [1.82, 2.24) is 5.32 Å². The zero-order valence-electron chi connectivity index (χ0n) is 11.9. The third-order valence-electron chi connectivity index (χ3n) is 2.38. The second-order valence-electron chi connectivity index (χ2n) is 4.87. The Kier molecular flexibility index (Phi) is 6.76. The van der Waals surface area contributed by atoms with E-state index >= 15 is 0 Å². The molecule has 0 spiro atoms. The van der Waals surface area contributed by atoms with Gasteiger partial charge in [-0.15, -0.1) is 0 Å². The van der Waals surface area contributed by atoms with Crippen LogP contribution in [0.4, 0.5) is 0 Å². The Bertz CT molecular complexity index is 337. The van der Waals surface area contributed by atoms with Crippen molar-refractivity contribution in [2.24, 2.45) is 0 Å². The highest BCUT2D eigenvalue weighted by Gasteiger charge is 2.04. The molecule has 0 aliphatic rings. The lowest BCUT2D eigenvalue weighted by Gasteiger charge is -2.15. The van der Waals surface area contributed by atoms with Gasteiger partial charge in [0.15, 0.2) is 0 Å². The summed E-state index contributed by atoms with van der Waals surface area (Å²) in [5.41, 5.74) is 1.19. The van der Waals surface area contributed by atoms with Crippen LogP contribution in [0.25, 0.3) is 0 Å². The van der Waals surface area contributed by atoms with Crippen LogP contribution in [0, 0.1) is 0 Å². The highest BCUT2D eigenvalue weighted by molar-refractivity contribution is 5.33. The lowest BCUT2D eigenvalue weighted by molar-refractivity contribution is 0.0806. The topological polar surface area (TPSA) is 30.5 Å². The predicted octanol–water partition coefficient (Wildman–Crippen LogP) is 2.99. The number of hydrogen-bond acceptors (Lipinski definition) is 3. The van der Waals surface area contributed by atoms with Gasteiger partial charge in [-0.05, 0) is 33.8 Å². The van der Waals surface area contributed by atoms with Crippen molar-refractivity contribution in [3.8, 4) is 5.75 Å². The molecule has 0 fully saturated rings. The third-order valence-corrected chi connectivity index (χ3v) is 2.38. The maximum absolute atomic E-state index is 5.77. The van der Waals surface area contributed by atoms with E-state index in [9.17, 15) is 0 Å². The maximum Gasteiger partial charge on any atom is 0.124 e. The molecule has 3 heteroatoms. The van der Waals surface area contributed by atoms with Crippen molar-refractivity contribution in [2.75, 3.05) is 13.2 Å². The monoisotopic (exact) mass is 251 g/mol. The Labute approximate surface area is 110 Å². The van der Waals surface area contributed by atoms with E-state index in [0.717, 1.165) is 25.4 Å². The summed E-state index contributed by atoms with van der Waals surface area (Å²) in [4.78, 5) is 0. The van der Waals surface area contributed by atoms with Gasteiger partial charge in [0.25, 0.3) is 0 Å². The molecular weight excluding hydrogens is 226 g/mol. The van der Waals surface area contributed by atoms with Gasteiger partial charge < -0.3 is 14.8 Å². The summed E-state index contributed by atoms with van der Waals surface area (Å²) in [7, 11) is 0. The highest BCUT2D eigenvalue weighted by Crippen LogP contribution is 2.18. The SMILES string of the molecule is CC(C)OCCNCc1ccccc1OC(C)C. The average Bonchev–Trinajstić information content (AvgIpc) is 2.29. The first-order valence-corrected chi connectivity index (χ1v) is 6.66. The first-order valence-electron chi connectivity index (χ1n) is 6.66. The average molecular weight is 251 g/mol. The molecule has 1 aromatic carbocycles. The van der Waals surface area contributed by atoms with Crippen LogP contribution in [0.5, 0.6) is 5.75 Å². The fourth-order valence-electron chi connectivity index (χ4n) is 1.61. The molecule has 102 valence electrons. The van der Waals surface area contributed by atoms with Crippen LogP contribution in [-0.2, 0) is 11.3 Å². The maximum atomic E-state index is 5.77. The van der Waals surface area contributed by atoms with Gasteiger partial charge >= 0.3 is 0 Å². The summed E-state index contributed by atoms with van der Waals surface area (Å²) in [5.74, 6) is 0.963. The number of para-hydroxylation sites is 1.